The minimum atomic E-state index is -4.61. The number of hydrogen-bond donors (Lipinski definition) is 0. The van der Waals surface area contributed by atoms with Crippen molar-refractivity contribution < 1.29 is 27.4 Å². The highest BCUT2D eigenvalue weighted by molar-refractivity contribution is 5.98. The quantitative estimate of drug-likeness (QED) is 0.603. The molecule has 0 N–H and O–H groups in total. The lowest BCUT2D eigenvalue weighted by molar-refractivity contribution is -0.137. The molecule has 0 saturated heterocycles. The van der Waals surface area contributed by atoms with Crippen molar-refractivity contribution >= 4 is 5.97 Å². The van der Waals surface area contributed by atoms with Gasteiger partial charge in [0.05, 0.1) is 31.5 Å². The van der Waals surface area contributed by atoms with Crippen molar-refractivity contribution in [3.8, 4) is 22.7 Å². The molecule has 7 nitrogen and oxygen atoms in total. The third kappa shape index (κ3) is 4.02. The van der Waals surface area contributed by atoms with Gasteiger partial charge in [0.15, 0.2) is 5.82 Å². The van der Waals surface area contributed by atoms with Gasteiger partial charge >= 0.3 is 12.1 Å². The summed E-state index contributed by atoms with van der Waals surface area (Å²) in [5, 5.41) is 3.99. The molecule has 2 aromatic heterocycles. The van der Waals surface area contributed by atoms with Crippen LogP contribution in [0.3, 0.4) is 0 Å². The topological polar surface area (TPSA) is 83.3 Å². The Bertz CT molecular complexity index is 1170. The molecule has 0 aliphatic heterocycles. The predicted octanol–water partition coefficient (Wildman–Crippen LogP) is 3.42. The van der Waals surface area contributed by atoms with Crippen LogP contribution in [0.5, 0.6) is 5.75 Å². The van der Waals surface area contributed by atoms with Crippen LogP contribution >= 0.6 is 0 Å². The molecule has 0 fully saturated rings. The highest BCUT2D eigenvalue weighted by Gasteiger charge is 2.32. The van der Waals surface area contributed by atoms with Gasteiger partial charge in [0.1, 0.15) is 5.75 Å². The summed E-state index contributed by atoms with van der Waals surface area (Å²) in [6, 6.07) is 5.49. The zero-order valence-corrected chi connectivity index (χ0v) is 16.1. The molecular formula is C20H16F3N3O4. The summed E-state index contributed by atoms with van der Waals surface area (Å²) in [4.78, 5) is 28.6. The monoisotopic (exact) mass is 419 g/mol. The molecule has 10 heteroatoms. The largest absolute Gasteiger partial charge is 0.496 e. The number of halogens is 3. The number of hydrogen-bond acceptors (Lipinski definition) is 6. The Hall–Kier alpha value is -3.69. The molecule has 3 rings (SSSR count). The number of aryl methyl sites for hydroxylation is 1. The van der Waals surface area contributed by atoms with Gasteiger partial charge in [0, 0.05) is 23.4 Å². The van der Waals surface area contributed by atoms with E-state index in [4.69, 9.17) is 9.47 Å². The molecule has 0 bridgehead atoms. The van der Waals surface area contributed by atoms with Gasteiger partial charge in [-0.1, -0.05) is 0 Å². The lowest BCUT2D eigenvalue weighted by Gasteiger charge is -2.16. The van der Waals surface area contributed by atoms with E-state index in [1.165, 1.54) is 25.4 Å². The van der Waals surface area contributed by atoms with Crippen LogP contribution in [0.1, 0.15) is 21.5 Å². The highest BCUT2D eigenvalue weighted by Crippen LogP contribution is 2.38. The molecule has 3 aromatic rings. The number of ether oxygens (including phenoxy) is 2. The van der Waals surface area contributed by atoms with Gasteiger partial charge in [-0.25, -0.2) is 9.78 Å². The predicted molar refractivity (Wildman–Crippen MR) is 101 cm³/mol. The Morgan fingerprint density at radius 2 is 1.80 bits per heavy atom. The second-order valence-electron chi connectivity index (χ2n) is 6.28. The fourth-order valence-corrected chi connectivity index (χ4v) is 2.82. The van der Waals surface area contributed by atoms with Crippen LogP contribution in [-0.4, -0.2) is 35.0 Å². The molecule has 1 aromatic carbocycles. The molecule has 2 heterocycles. The van der Waals surface area contributed by atoms with E-state index in [0.29, 0.717) is 5.56 Å². The summed E-state index contributed by atoms with van der Waals surface area (Å²) in [7, 11) is 2.42. The Morgan fingerprint density at radius 3 is 2.40 bits per heavy atom. The van der Waals surface area contributed by atoms with Gasteiger partial charge in [-0.3, -0.25) is 4.79 Å². The van der Waals surface area contributed by atoms with Crippen LogP contribution in [0, 0.1) is 6.92 Å². The maximum atomic E-state index is 13.3. The molecule has 0 radical (unpaired) electrons. The van der Waals surface area contributed by atoms with Crippen LogP contribution in [-0.2, 0) is 10.9 Å². The third-order valence-corrected chi connectivity index (χ3v) is 4.27. The van der Waals surface area contributed by atoms with E-state index < -0.39 is 23.3 Å². The van der Waals surface area contributed by atoms with Gasteiger partial charge < -0.3 is 9.47 Å². The van der Waals surface area contributed by atoms with E-state index in [1.807, 2.05) is 0 Å². The van der Waals surface area contributed by atoms with Crippen LogP contribution in [0.25, 0.3) is 16.9 Å². The number of carbonyl (C=O) groups excluding carboxylic acids is 1. The summed E-state index contributed by atoms with van der Waals surface area (Å²) in [5.74, 6) is -0.704. The minimum absolute atomic E-state index is 0.0158. The zero-order chi connectivity index (χ0) is 22.1. The first-order valence-electron chi connectivity index (χ1n) is 8.56. The molecule has 0 amide bonds. The average Bonchev–Trinajstić information content (AvgIpc) is 2.71. The molecule has 0 saturated carbocycles. The molecule has 0 spiro atoms. The molecule has 0 aliphatic carbocycles. The lowest BCUT2D eigenvalue weighted by Crippen LogP contribution is -2.21. The number of pyridine rings is 1. The summed E-state index contributed by atoms with van der Waals surface area (Å²) in [6.45, 7) is 1.69. The maximum Gasteiger partial charge on any atom is 0.416 e. The van der Waals surface area contributed by atoms with Crippen molar-refractivity contribution in [2.24, 2.45) is 0 Å². The second-order valence-corrected chi connectivity index (χ2v) is 6.28. The van der Waals surface area contributed by atoms with Crippen LogP contribution < -0.4 is 10.3 Å². The summed E-state index contributed by atoms with van der Waals surface area (Å²) in [6.07, 6.45) is -2.07. The average molecular weight is 419 g/mol. The minimum Gasteiger partial charge on any atom is -0.496 e. The summed E-state index contributed by atoms with van der Waals surface area (Å²) >= 11 is 0. The molecule has 0 aliphatic rings. The molecule has 156 valence electrons. The Labute approximate surface area is 168 Å². The fraction of sp³-hybridized carbons (Fsp3) is 0.200. The molecule has 30 heavy (non-hydrogen) atoms. The number of benzene rings is 1. The number of esters is 1. The fourth-order valence-electron chi connectivity index (χ4n) is 2.82. The van der Waals surface area contributed by atoms with Gasteiger partial charge in [-0.2, -0.15) is 23.0 Å². The second kappa shape index (κ2) is 7.97. The lowest BCUT2D eigenvalue weighted by atomic mass is 9.98. The van der Waals surface area contributed by atoms with E-state index in [2.05, 4.69) is 10.1 Å². The van der Waals surface area contributed by atoms with Crippen molar-refractivity contribution in [2.45, 2.75) is 13.1 Å². The smallest absolute Gasteiger partial charge is 0.416 e. The maximum absolute atomic E-state index is 13.3. The van der Waals surface area contributed by atoms with Crippen molar-refractivity contribution in [3.05, 3.63) is 69.8 Å². The van der Waals surface area contributed by atoms with Gasteiger partial charge in [-0.15, -0.1) is 0 Å². The number of rotatable bonds is 4. The normalized spacial score (nSPS) is 11.3. The first kappa shape index (κ1) is 21.0. The van der Waals surface area contributed by atoms with E-state index in [1.54, 1.807) is 6.92 Å². The number of methoxy groups -OCH3 is 2. The van der Waals surface area contributed by atoms with Crippen LogP contribution in [0.15, 0.2) is 47.5 Å². The number of alkyl halides is 3. The Balaban J connectivity index is 2.31. The summed E-state index contributed by atoms with van der Waals surface area (Å²) in [5.41, 5.74) is -0.866. The number of carbonyl (C=O) groups is 1. The first-order valence-corrected chi connectivity index (χ1v) is 8.56. The van der Waals surface area contributed by atoms with Gasteiger partial charge in [-0.05, 0) is 36.8 Å². The zero-order valence-electron chi connectivity index (χ0n) is 16.1. The van der Waals surface area contributed by atoms with Crippen molar-refractivity contribution in [1.82, 2.24) is 14.8 Å². The third-order valence-electron chi connectivity index (χ3n) is 4.27. The Kier molecular flexibility index (Phi) is 5.59. The standard InChI is InChI=1S/C20H16F3N3O4/c1-11-6-18(27)26(25-9-11)17-8-13(15(10-24-17)19(28)30-3)14-7-12(20(21,22)23)4-5-16(14)29-2/h4-10H,1-3H3. The number of nitrogens with zero attached hydrogens (tertiary/aromatic N) is 3. The molecule has 0 unspecified atom stereocenters. The number of aromatic nitrogens is 3. The van der Waals surface area contributed by atoms with E-state index in [0.717, 1.165) is 36.2 Å². The van der Waals surface area contributed by atoms with Crippen molar-refractivity contribution in [2.75, 3.05) is 14.2 Å². The van der Waals surface area contributed by atoms with E-state index in [9.17, 15) is 22.8 Å². The Morgan fingerprint density at radius 1 is 1.07 bits per heavy atom. The summed E-state index contributed by atoms with van der Waals surface area (Å²) < 4.78 is 50.7. The van der Waals surface area contributed by atoms with Gasteiger partial charge in [0.25, 0.3) is 5.56 Å². The van der Waals surface area contributed by atoms with E-state index in [-0.39, 0.29) is 28.3 Å². The van der Waals surface area contributed by atoms with Crippen molar-refractivity contribution in [1.29, 1.82) is 0 Å². The molecule has 0 atom stereocenters. The molecular weight excluding hydrogens is 403 g/mol. The van der Waals surface area contributed by atoms with Crippen molar-refractivity contribution in [3.63, 3.8) is 0 Å². The SMILES string of the molecule is COC(=O)c1cnc(-n2ncc(C)cc2=O)cc1-c1cc(C(F)(F)F)ccc1OC. The van der Waals surface area contributed by atoms with Gasteiger partial charge in [0.2, 0.25) is 0 Å². The van der Waals surface area contributed by atoms with Crippen LogP contribution in [0.4, 0.5) is 13.2 Å². The first-order chi connectivity index (χ1) is 14.2. The highest BCUT2D eigenvalue weighted by atomic mass is 19.4. The van der Waals surface area contributed by atoms with E-state index >= 15 is 0 Å². The van der Waals surface area contributed by atoms with Crippen LogP contribution in [0.2, 0.25) is 0 Å².